The van der Waals surface area contributed by atoms with Gasteiger partial charge < -0.3 is 19.9 Å². The fourth-order valence-electron chi connectivity index (χ4n) is 4.07. The van der Waals surface area contributed by atoms with Gasteiger partial charge in [-0.05, 0) is 37.6 Å². The summed E-state index contributed by atoms with van der Waals surface area (Å²) in [6, 6.07) is 6.87. The quantitative estimate of drug-likeness (QED) is 0.783. The number of aromatic nitrogens is 2. The average Bonchev–Trinajstić information content (AvgIpc) is 3.29. The number of carbonyl (C=O) groups is 3. The van der Waals surface area contributed by atoms with Gasteiger partial charge in [0.05, 0.1) is 24.5 Å². The number of rotatable bonds is 4. The molecule has 168 valence electrons. The summed E-state index contributed by atoms with van der Waals surface area (Å²) in [5, 5.41) is 2.69. The molecule has 0 bridgehead atoms. The van der Waals surface area contributed by atoms with Crippen LogP contribution in [-0.4, -0.2) is 76.9 Å². The number of carbonyl (C=O) groups excluding carboxylic acids is 3. The molecular formula is C23H27N5O4. The summed E-state index contributed by atoms with van der Waals surface area (Å²) < 4.78 is 5.31. The lowest BCUT2D eigenvalue weighted by atomic mass is 10.1. The number of nitrogens with one attached hydrogen (secondary N) is 1. The van der Waals surface area contributed by atoms with E-state index in [4.69, 9.17) is 4.74 Å². The Labute approximate surface area is 186 Å². The van der Waals surface area contributed by atoms with E-state index in [1.807, 2.05) is 6.92 Å². The van der Waals surface area contributed by atoms with Crippen molar-refractivity contribution in [2.45, 2.75) is 26.2 Å². The zero-order valence-electron chi connectivity index (χ0n) is 18.3. The molecule has 0 unspecified atom stereocenters. The number of morpholine rings is 1. The van der Waals surface area contributed by atoms with Gasteiger partial charge in [0.1, 0.15) is 5.82 Å². The molecule has 3 amide bonds. The Morgan fingerprint density at radius 3 is 2.41 bits per heavy atom. The second kappa shape index (κ2) is 9.44. The molecule has 1 aromatic heterocycles. The number of hydrogen-bond donors (Lipinski definition) is 1. The van der Waals surface area contributed by atoms with E-state index in [1.54, 1.807) is 40.3 Å². The van der Waals surface area contributed by atoms with E-state index in [0.29, 0.717) is 67.7 Å². The highest BCUT2D eigenvalue weighted by Gasteiger charge is 2.30. The number of ether oxygens (including phenoxy) is 1. The van der Waals surface area contributed by atoms with Gasteiger partial charge in [-0.1, -0.05) is 0 Å². The Morgan fingerprint density at radius 1 is 1.03 bits per heavy atom. The van der Waals surface area contributed by atoms with Gasteiger partial charge in [-0.25, -0.2) is 9.97 Å². The van der Waals surface area contributed by atoms with Crippen LogP contribution in [0.15, 0.2) is 30.5 Å². The fourth-order valence-corrected chi connectivity index (χ4v) is 4.07. The van der Waals surface area contributed by atoms with Crippen LogP contribution < -0.4 is 5.32 Å². The Hall–Kier alpha value is -3.33. The van der Waals surface area contributed by atoms with E-state index in [1.165, 1.54) is 6.92 Å². The summed E-state index contributed by atoms with van der Waals surface area (Å²) >= 11 is 0. The zero-order chi connectivity index (χ0) is 22.7. The monoisotopic (exact) mass is 437 g/mol. The minimum atomic E-state index is -0.153. The Balaban J connectivity index is 1.40. The van der Waals surface area contributed by atoms with Crippen LogP contribution in [0.25, 0.3) is 0 Å². The number of likely N-dealkylation sites (tertiary alicyclic amines) is 1. The maximum absolute atomic E-state index is 12.9. The van der Waals surface area contributed by atoms with E-state index in [-0.39, 0.29) is 23.6 Å². The Morgan fingerprint density at radius 2 is 1.75 bits per heavy atom. The first-order valence-corrected chi connectivity index (χ1v) is 10.8. The molecule has 0 radical (unpaired) electrons. The summed E-state index contributed by atoms with van der Waals surface area (Å²) in [5.74, 6) is 0.418. The molecule has 2 aliphatic heterocycles. The van der Waals surface area contributed by atoms with E-state index in [9.17, 15) is 14.4 Å². The Kier molecular flexibility index (Phi) is 6.45. The lowest BCUT2D eigenvalue weighted by Crippen LogP contribution is -2.41. The maximum atomic E-state index is 12.9. The van der Waals surface area contributed by atoms with Crippen molar-refractivity contribution in [2.75, 3.05) is 44.7 Å². The molecule has 2 aliphatic rings. The van der Waals surface area contributed by atoms with Crippen LogP contribution in [0.5, 0.6) is 0 Å². The van der Waals surface area contributed by atoms with Gasteiger partial charge in [0, 0.05) is 56.5 Å². The second-order valence-corrected chi connectivity index (χ2v) is 8.13. The smallest absolute Gasteiger partial charge is 0.257 e. The van der Waals surface area contributed by atoms with Crippen molar-refractivity contribution in [3.8, 4) is 0 Å². The van der Waals surface area contributed by atoms with Crippen LogP contribution >= 0.6 is 0 Å². The molecule has 3 heterocycles. The van der Waals surface area contributed by atoms with Gasteiger partial charge in [-0.2, -0.15) is 0 Å². The molecule has 32 heavy (non-hydrogen) atoms. The van der Waals surface area contributed by atoms with Crippen molar-refractivity contribution in [3.63, 3.8) is 0 Å². The fraction of sp³-hybridized carbons (Fsp3) is 0.435. The number of aryl methyl sites for hydroxylation is 1. The van der Waals surface area contributed by atoms with Gasteiger partial charge in [0.15, 0.2) is 0 Å². The molecule has 2 aromatic rings. The molecule has 1 aromatic carbocycles. The number of nitrogens with zero attached hydrogens (tertiary/aromatic N) is 4. The maximum Gasteiger partial charge on any atom is 0.257 e. The van der Waals surface area contributed by atoms with Crippen LogP contribution in [0.1, 0.15) is 51.5 Å². The van der Waals surface area contributed by atoms with Crippen molar-refractivity contribution in [2.24, 2.45) is 0 Å². The third kappa shape index (κ3) is 4.77. The minimum Gasteiger partial charge on any atom is -0.378 e. The van der Waals surface area contributed by atoms with Gasteiger partial charge in [-0.15, -0.1) is 0 Å². The number of amides is 3. The molecule has 0 aliphatic carbocycles. The van der Waals surface area contributed by atoms with Crippen molar-refractivity contribution in [3.05, 3.63) is 53.1 Å². The molecule has 2 saturated heterocycles. The summed E-state index contributed by atoms with van der Waals surface area (Å²) in [5.41, 5.74) is 2.40. The molecule has 9 nitrogen and oxygen atoms in total. The highest BCUT2D eigenvalue weighted by atomic mass is 16.5. The van der Waals surface area contributed by atoms with Crippen LogP contribution in [0.3, 0.4) is 0 Å². The minimum absolute atomic E-state index is 0.0313. The summed E-state index contributed by atoms with van der Waals surface area (Å²) in [6.07, 6.45) is 2.38. The van der Waals surface area contributed by atoms with Crippen molar-refractivity contribution >= 4 is 23.4 Å². The van der Waals surface area contributed by atoms with Gasteiger partial charge in [-0.3, -0.25) is 14.4 Å². The first-order chi connectivity index (χ1) is 15.4. The molecule has 0 saturated carbocycles. The van der Waals surface area contributed by atoms with E-state index in [0.717, 1.165) is 6.42 Å². The molecular weight excluding hydrogens is 410 g/mol. The first kappa shape index (κ1) is 21.9. The summed E-state index contributed by atoms with van der Waals surface area (Å²) in [4.78, 5) is 49.4. The van der Waals surface area contributed by atoms with E-state index in [2.05, 4.69) is 15.3 Å². The third-order valence-corrected chi connectivity index (χ3v) is 5.82. The van der Waals surface area contributed by atoms with Gasteiger partial charge in [0.2, 0.25) is 5.91 Å². The lowest BCUT2D eigenvalue weighted by molar-refractivity contribution is -0.114. The topological polar surface area (TPSA) is 105 Å². The molecule has 4 rings (SSSR count). The summed E-state index contributed by atoms with van der Waals surface area (Å²) in [7, 11) is 0. The predicted molar refractivity (Wildman–Crippen MR) is 117 cm³/mol. The standard InChI is InChI=1S/C23H27N5O4/c1-15-20(23(31)27-9-11-32-12-10-27)13-24-21(25-15)18-7-8-28(14-18)22(30)17-3-5-19(6-4-17)26-16(2)29/h3-6,13,18H,7-12,14H2,1-2H3,(H,26,29)/t18-/m0/s1. The zero-order valence-corrected chi connectivity index (χ0v) is 18.3. The number of hydrogen-bond acceptors (Lipinski definition) is 6. The van der Waals surface area contributed by atoms with Crippen LogP contribution in [0.2, 0.25) is 0 Å². The van der Waals surface area contributed by atoms with Crippen LogP contribution in [-0.2, 0) is 9.53 Å². The largest absolute Gasteiger partial charge is 0.378 e. The van der Waals surface area contributed by atoms with Crippen LogP contribution in [0, 0.1) is 6.92 Å². The van der Waals surface area contributed by atoms with E-state index >= 15 is 0 Å². The van der Waals surface area contributed by atoms with Crippen molar-refractivity contribution < 1.29 is 19.1 Å². The number of benzene rings is 1. The number of anilines is 1. The highest BCUT2D eigenvalue weighted by molar-refractivity contribution is 5.96. The normalized spacial score (nSPS) is 18.5. The Bertz CT molecular complexity index is 1020. The molecule has 0 spiro atoms. The second-order valence-electron chi connectivity index (χ2n) is 8.13. The van der Waals surface area contributed by atoms with Gasteiger partial charge in [0.25, 0.3) is 11.8 Å². The molecule has 1 N–H and O–H groups in total. The SMILES string of the molecule is CC(=O)Nc1ccc(C(=O)N2CC[C@H](c3ncc(C(=O)N4CCOCC4)c(C)n3)C2)cc1. The first-order valence-electron chi connectivity index (χ1n) is 10.8. The third-order valence-electron chi connectivity index (χ3n) is 5.82. The van der Waals surface area contributed by atoms with Crippen LogP contribution in [0.4, 0.5) is 5.69 Å². The lowest BCUT2D eigenvalue weighted by Gasteiger charge is -2.27. The molecule has 2 fully saturated rings. The molecule has 1 atom stereocenters. The van der Waals surface area contributed by atoms with E-state index < -0.39 is 0 Å². The highest BCUT2D eigenvalue weighted by Crippen LogP contribution is 2.27. The predicted octanol–water partition coefficient (Wildman–Crippen LogP) is 1.85. The summed E-state index contributed by atoms with van der Waals surface area (Å²) in [6.45, 7) is 6.66. The van der Waals surface area contributed by atoms with Crippen molar-refractivity contribution in [1.29, 1.82) is 0 Å². The molecule has 9 heteroatoms. The van der Waals surface area contributed by atoms with Crippen molar-refractivity contribution in [1.82, 2.24) is 19.8 Å². The van der Waals surface area contributed by atoms with Gasteiger partial charge >= 0.3 is 0 Å². The average molecular weight is 438 g/mol.